The molecule has 3 heteroatoms. The molecule has 0 unspecified atom stereocenters. The number of rotatable bonds is 4. The average Bonchev–Trinajstić information content (AvgIpc) is 2.47. The first-order chi connectivity index (χ1) is 9.61. The van der Waals surface area contributed by atoms with E-state index in [2.05, 4.69) is 36.5 Å². The summed E-state index contributed by atoms with van der Waals surface area (Å²) in [5.41, 5.74) is 2.88. The number of nitrogens with one attached hydrogen (secondary N) is 1. The van der Waals surface area contributed by atoms with Crippen LogP contribution in [0.15, 0.2) is 48.5 Å². The van der Waals surface area contributed by atoms with Crippen molar-refractivity contribution in [2.75, 3.05) is 0 Å². The van der Waals surface area contributed by atoms with Crippen LogP contribution in [0.5, 0.6) is 0 Å². The fourth-order valence-electron chi connectivity index (χ4n) is 2.05. The maximum Gasteiger partial charge on any atom is 0.253 e. The number of carbonyl (C=O) groups excluding carboxylic acids is 1. The lowest BCUT2D eigenvalue weighted by Crippen LogP contribution is -2.26. The summed E-state index contributed by atoms with van der Waals surface area (Å²) in [5, 5.41) is 3.44. The molecule has 2 nitrogen and oxygen atoms in total. The lowest BCUT2D eigenvalue weighted by molar-refractivity contribution is 0.0940. The second-order valence-corrected chi connectivity index (χ2v) is 5.18. The molecule has 104 valence electrons. The molecule has 0 aromatic heterocycles. The van der Waals surface area contributed by atoms with Gasteiger partial charge in [-0.2, -0.15) is 0 Å². The molecule has 0 saturated carbocycles. The molecule has 0 heterocycles. The van der Waals surface area contributed by atoms with E-state index < -0.39 is 0 Å². The first kappa shape index (κ1) is 14.6. The Hall–Kier alpha value is -1.80. The summed E-state index contributed by atoms with van der Waals surface area (Å²) >= 11 is 6.03. The molecule has 2 aromatic rings. The second kappa shape index (κ2) is 6.58. The Morgan fingerprint density at radius 3 is 2.40 bits per heavy atom. The van der Waals surface area contributed by atoms with Crippen LogP contribution in [-0.2, 0) is 6.42 Å². The minimum absolute atomic E-state index is 0.0512. The van der Waals surface area contributed by atoms with Crippen molar-refractivity contribution in [1.82, 2.24) is 5.32 Å². The Morgan fingerprint density at radius 1 is 1.15 bits per heavy atom. The Kier molecular flexibility index (Phi) is 4.80. The van der Waals surface area contributed by atoms with Crippen molar-refractivity contribution >= 4 is 17.5 Å². The highest BCUT2D eigenvalue weighted by molar-refractivity contribution is 6.33. The molecule has 0 saturated heterocycles. The zero-order valence-electron chi connectivity index (χ0n) is 11.7. The average molecular weight is 288 g/mol. The maximum absolute atomic E-state index is 12.2. The first-order valence-electron chi connectivity index (χ1n) is 6.76. The van der Waals surface area contributed by atoms with Crippen molar-refractivity contribution in [2.24, 2.45) is 0 Å². The summed E-state index contributed by atoms with van der Waals surface area (Å²) in [6, 6.07) is 15.3. The van der Waals surface area contributed by atoms with Gasteiger partial charge in [0.15, 0.2) is 0 Å². The van der Waals surface area contributed by atoms with Crippen molar-refractivity contribution in [3.05, 3.63) is 70.2 Å². The Labute approximate surface area is 124 Å². The fourth-order valence-corrected chi connectivity index (χ4v) is 2.27. The fraction of sp³-hybridized carbons (Fsp3) is 0.235. The van der Waals surface area contributed by atoms with Gasteiger partial charge in [-0.15, -0.1) is 0 Å². The van der Waals surface area contributed by atoms with Crippen molar-refractivity contribution < 1.29 is 4.79 Å². The van der Waals surface area contributed by atoms with Crippen LogP contribution in [0.3, 0.4) is 0 Å². The second-order valence-electron chi connectivity index (χ2n) is 4.77. The van der Waals surface area contributed by atoms with Crippen LogP contribution < -0.4 is 5.32 Å². The first-order valence-corrected chi connectivity index (χ1v) is 7.14. The third-order valence-corrected chi connectivity index (χ3v) is 3.68. The van der Waals surface area contributed by atoms with E-state index in [1.165, 1.54) is 5.56 Å². The van der Waals surface area contributed by atoms with E-state index in [0.29, 0.717) is 10.6 Å². The van der Waals surface area contributed by atoms with E-state index in [4.69, 9.17) is 11.6 Å². The monoisotopic (exact) mass is 287 g/mol. The van der Waals surface area contributed by atoms with Crippen molar-refractivity contribution in [1.29, 1.82) is 0 Å². The summed E-state index contributed by atoms with van der Waals surface area (Å²) in [6.07, 6.45) is 1.01. The summed E-state index contributed by atoms with van der Waals surface area (Å²) in [6.45, 7) is 4.09. The van der Waals surface area contributed by atoms with E-state index in [0.717, 1.165) is 12.0 Å². The molecule has 0 radical (unpaired) electrons. The molecule has 1 amide bonds. The quantitative estimate of drug-likeness (QED) is 0.887. The number of benzene rings is 2. The van der Waals surface area contributed by atoms with Gasteiger partial charge in [-0.05, 0) is 36.6 Å². The van der Waals surface area contributed by atoms with Gasteiger partial charge in [0, 0.05) is 0 Å². The minimum Gasteiger partial charge on any atom is -0.345 e. The standard InChI is InChI=1S/C17H18ClNO/c1-3-13-8-10-14(11-9-13)12(2)19-17(20)15-6-4-5-7-16(15)18/h4-12H,3H2,1-2H3,(H,19,20)/t12-/m0/s1. The third-order valence-electron chi connectivity index (χ3n) is 3.35. The van der Waals surface area contributed by atoms with E-state index >= 15 is 0 Å². The van der Waals surface area contributed by atoms with Gasteiger partial charge in [0.1, 0.15) is 0 Å². The van der Waals surface area contributed by atoms with Crippen molar-refractivity contribution in [2.45, 2.75) is 26.3 Å². The molecule has 2 rings (SSSR count). The summed E-state index contributed by atoms with van der Waals surface area (Å²) in [7, 11) is 0. The molecular weight excluding hydrogens is 270 g/mol. The highest BCUT2D eigenvalue weighted by Crippen LogP contribution is 2.18. The van der Waals surface area contributed by atoms with Gasteiger partial charge in [0.25, 0.3) is 5.91 Å². The molecule has 0 aliphatic heterocycles. The van der Waals surface area contributed by atoms with Crippen LogP contribution in [0, 0.1) is 0 Å². The topological polar surface area (TPSA) is 29.1 Å². The third kappa shape index (κ3) is 3.40. The predicted octanol–water partition coefficient (Wildman–Crippen LogP) is 4.39. The number of carbonyl (C=O) groups is 1. The Morgan fingerprint density at radius 2 is 1.80 bits per heavy atom. The van der Waals surface area contributed by atoms with Crippen molar-refractivity contribution in [3.63, 3.8) is 0 Å². The summed E-state index contributed by atoms with van der Waals surface area (Å²) < 4.78 is 0. The largest absolute Gasteiger partial charge is 0.345 e. The number of aryl methyl sites for hydroxylation is 1. The highest BCUT2D eigenvalue weighted by Gasteiger charge is 2.13. The molecule has 0 aliphatic carbocycles. The molecule has 2 aromatic carbocycles. The molecule has 1 N–H and O–H groups in total. The Bertz CT molecular complexity index is 592. The van der Waals surface area contributed by atoms with Crippen LogP contribution in [-0.4, -0.2) is 5.91 Å². The maximum atomic E-state index is 12.2. The van der Waals surface area contributed by atoms with Crippen LogP contribution in [0.4, 0.5) is 0 Å². The predicted molar refractivity (Wildman–Crippen MR) is 83.2 cm³/mol. The van der Waals surface area contributed by atoms with Crippen molar-refractivity contribution in [3.8, 4) is 0 Å². The SMILES string of the molecule is CCc1ccc([C@H](C)NC(=O)c2ccccc2Cl)cc1. The van der Waals surface area contributed by atoms with Gasteiger partial charge < -0.3 is 5.32 Å². The van der Waals surface area contributed by atoms with Gasteiger partial charge in [0.2, 0.25) is 0 Å². The van der Waals surface area contributed by atoms with Gasteiger partial charge in [0.05, 0.1) is 16.6 Å². The van der Waals surface area contributed by atoms with Gasteiger partial charge >= 0.3 is 0 Å². The van der Waals surface area contributed by atoms with E-state index in [9.17, 15) is 4.79 Å². The van der Waals surface area contributed by atoms with E-state index in [1.807, 2.05) is 19.1 Å². The molecule has 0 aliphatic rings. The number of amides is 1. The molecule has 1 atom stereocenters. The highest BCUT2D eigenvalue weighted by atomic mass is 35.5. The zero-order valence-corrected chi connectivity index (χ0v) is 12.4. The van der Waals surface area contributed by atoms with Crippen LogP contribution in [0.1, 0.15) is 41.4 Å². The van der Waals surface area contributed by atoms with Crippen LogP contribution >= 0.6 is 11.6 Å². The number of hydrogen-bond acceptors (Lipinski definition) is 1. The van der Waals surface area contributed by atoms with Gasteiger partial charge in [-0.25, -0.2) is 0 Å². The normalized spacial score (nSPS) is 11.9. The smallest absolute Gasteiger partial charge is 0.253 e. The lowest BCUT2D eigenvalue weighted by atomic mass is 10.0. The number of halogens is 1. The molecule has 0 fully saturated rings. The van der Waals surface area contributed by atoms with E-state index in [1.54, 1.807) is 12.1 Å². The Balaban J connectivity index is 2.09. The minimum atomic E-state index is -0.150. The van der Waals surface area contributed by atoms with Gasteiger partial charge in [-0.1, -0.05) is 54.9 Å². The van der Waals surface area contributed by atoms with Gasteiger partial charge in [-0.3, -0.25) is 4.79 Å². The lowest BCUT2D eigenvalue weighted by Gasteiger charge is -2.15. The summed E-state index contributed by atoms with van der Waals surface area (Å²) in [5.74, 6) is -0.150. The molecule has 20 heavy (non-hydrogen) atoms. The molecule has 0 spiro atoms. The van der Waals surface area contributed by atoms with Crippen LogP contribution in [0.2, 0.25) is 5.02 Å². The molecular formula is C17H18ClNO. The molecule has 0 bridgehead atoms. The van der Waals surface area contributed by atoms with Crippen LogP contribution in [0.25, 0.3) is 0 Å². The summed E-state index contributed by atoms with van der Waals surface area (Å²) in [4.78, 5) is 12.2. The number of hydrogen-bond donors (Lipinski definition) is 1. The van der Waals surface area contributed by atoms with E-state index in [-0.39, 0.29) is 11.9 Å². The zero-order chi connectivity index (χ0) is 14.5.